The quantitative estimate of drug-likeness (QED) is 0.519. The molecule has 0 N–H and O–H groups in total. The highest BCUT2D eigenvalue weighted by Crippen LogP contribution is 2.34. The second kappa shape index (κ2) is 3.15. The molecule has 1 fully saturated rings. The Bertz CT molecular complexity index is 424. The molecule has 1 aliphatic rings. The Labute approximate surface area is 85.9 Å². The lowest BCUT2D eigenvalue weighted by molar-refractivity contribution is -0.153. The number of hydrogen-bond donors (Lipinski definition) is 0. The van der Waals surface area contributed by atoms with Crippen molar-refractivity contribution < 1.29 is 18.7 Å². The van der Waals surface area contributed by atoms with Gasteiger partial charge in [0.2, 0.25) is 0 Å². The molecule has 4 heteroatoms. The van der Waals surface area contributed by atoms with Crippen molar-refractivity contribution in [1.82, 2.24) is 0 Å². The van der Waals surface area contributed by atoms with Gasteiger partial charge in [-0.1, -0.05) is 12.1 Å². The lowest BCUT2D eigenvalue weighted by atomic mass is 9.81. The molecule has 3 nitrogen and oxygen atoms in total. The van der Waals surface area contributed by atoms with E-state index in [1.807, 2.05) is 0 Å². The van der Waals surface area contributed by atoms with Crippen LogP contribution in [0.1, 0.15) is 18.9 Å². The second-order valence-corrected chi connectivity index (χ2v) is 3.78. The highest BCUT2D eigenvalue weighted by molar-refractivity contribution is 6.00. The third-order valence-corrected chi connectivity index (χ3v) is 2.64. The number of esters is 2. The van der Waals surface area contributed by atoms with Gasteiger partial charge in [0.25, 0.3) is 0 Å². The predicted octanol–water partition coefficient (Wildman–Crippen LogP) is 1.56. The second-order valence-electron chi connectivity index (χ2n) is 3.78. The minimum Gasteiger partial charge on any atom is -0.392 e. The first kappa shape index (κ1) is 9.83. The SMILES string of the molecule is C[C@]1(c2ccc(F)cc2)CC(=O)OC1=O. The molecule has 1 aromatic carbocycles. The fourth-order valence-corrected chi connectivity index (χ4v) is 1.65. The third kappa shape index (κ3) is 1.52. The minimum atomic E-state index is -0.967. The normalized spacial score (nSPS) is 25.5. The monoisotopic (exact) mass is 208 g/mol. The molecule has 0 unspecified atom stereocenters. The van der Waals surface area contributed by atoms with E-state index in [9.17, 15) is 14.0 Å². The van der Waals surface area contributed by atoms with Crippen LogP contribution in [0.4, 0.5) is 4.39 Å². The molecule has 0 spiro atoms. The molecule has 2 rings (SSSR count). The Hall–Kier alpha value is -1.71. The van der Waals surface area contributed by atoms with Crippen LogP contribution < -0.4 is 0 Å². The summed E-state index contributed by atoms with van der Waals surface area (Å²) in [6.45, 7) is 1.62. The molecule has 0 saturated carbocycles. The molecule has 1 atom stereocenters. The zero-order chi connectivity index (χ0) is 11.1. The van der Waals surface area contributed by atoms with Crippen molar-refractivity contribution in [1.29, 1.82) is 0 Å². The summed E-state index contributed by atoms with van der Waals surface area (Å²) >= 11 is 0. The van der Waals surface area contributed by atoms with E-state index in [1.54, 1.807) is 6.92 Å². The van der Waals surface area contributed by atoms with Gasteiger partial charge >= 0.3 is 11.9 Å². The maximum Gasteiger partial charge on any atom is 0.324 e. The molecule has 0 aromatic heterocycles. The van der Waals surface area contributed by atoms with Crippen molar-refractivity contribution in [2.75, 3.05) is 0 Å². The summed E-state index contributed by atoms with van der Waals surface area (Å²) in [6, 6.07) is 5.51. The maximum absolute atomic E-state index is 12.7. The third-order valence-electron chi connectivity index (χ3n) is 2.64. The van der Waals surface area contributed by atoms with Crippen LogP contribution in [0.5, 0.6) is 0 Å². The molecular weight excluding hydrogens is 199 g/mol. The Kier molecular flexibility index (Phi) is 2.07. The summed E-state index contributed by atoms with van der Waals surface area (Å²) in [6.07, 6.45) is 0.0114. The number of carbonyl (C=O) groups excluding carboxylic acids is 2. The molecule has 0 radical (unpaired) electrons. The molecule has 78 valence electrons. The predicted molar refractivity (Wildman–Crippen MR) is 49.5 cm³/mol. The van der Waals surface area contributed by atoms with E-state index in [1.165, 1.54) is 24.3 Å². The van der Waals surface area contributed by atoms with E-state index in [0.717, 1.165) is 0 Å². The van der Waals surface area contributed by atoms with Gasteiger partial charge in [-0.05, 0) is 24.6 Å². The lowest BCUT2D eigenvalue weighted by Gasteiger charge is -2.17. The van der Waals surface area contributed by atoms with Gasteiger partial charge < -0.3 is 4.74 Å². The Morgan fingerprint density at radius 1 is 1.27 bits per heavy atom. The van der Waals surface area contributed by atoms with Crippen LogP contribution in [0, 0.1) is 5.82 Å². The number of hydrogen-bond acceptors (Lipinski definition) is 3. The topological polar surface area (TPSA) is 43.4 Å². The lowest BCUT2D eigenvalue weighted by Crippen LogP contribution is -2.27. The summed E-state index contributed by atoms with van der Waals surface area (Å²) in [7, 11) is 0. The van der Waals surface area contributed by atoms with Crippen LogP contribution in [0.15, 0.2) is 24.3 Å². The molecule has 0 aliphatic carbocycles. The molecule has 1 heterocycles. The molecular formula is C11H9FO3. The van der Waals surface area contributed by atoms with Crippen molar-refractivity contribution in [2.45, 2.75) is 18.8 Å². The van der Waals surface area contributed by atoms with E-state index < -0.39 is 17.4 Å². The van der Waals surface area contributed by atoms with Gasteiger partial charge in [0, 0.05) is 0 Å². The molecule has 15 heavy (non-hydrogen) atoms. The van der Waals surface area contributed by atoms with Crippen molar-refractivity contribution in [2.24, 2.45) is 0 Å². The molecule has 0 amide bonds. The van der Waals surface area contributed by atoms with Crippen LogP contribution in [-0.4, -0.2) is 11.9 Å². The molecule has 1 aromatic rings. The first-order chi connectivity index (χ1) is 7.02. The van der Waals surface area contributed by atoms with Crippen LogP contribution in [-0.2, 0) is 19.7 Å². The van der Waals surface area contributed by atoms with Gasteiger partial charge in [0.1, 0.15) is 11.2 Å². The van der Waals surface area contributed by atoms with Crippen molar-refractivity contribution in [3.63, 3.8) is 0 Å². The Morgan fingerprint density at radius 2 is 1.87 bits per heavy atom. The molecule has 1 aliphatic heterocycles. The van der Waals surface area contributed by atoms with Gasteiger partial charge in [-0.2, -0.15) is 0 Å². The highest BCUT2D eigenvalue weighted by Gasteiger charge is 2.46. The Morgan fingerprint density at radius 3 is 2.33 bits per heavy atom. The number of cyclic esters (lactones) is 2. The zero-order valence-electron chi connectivity index (χ0n) is 8.12. The van der Waals surface area contributed by atoms with Gasteiger partial charge in [0.15, 0.2) is 0 Å². The number of benzene rings is 1. The van der Waals surface area contributed by atoms with E-state index in [2.05, 4.69) is 4.74 Å². The standard InChI is InChI=1S/C11H9FO3/c1-11(6-9(13)15-10(11)14)7-2-4-8(12)5-3-7/h2-5H,6H2,1H3/t11-/m1/s1. The Balaban J connectivity index is 2.41. The van der Waals surface area contributed by atoms with Gasteiger partial charge in [-0.25, -0.2) is 4.39 Å². The fraction of sp³-hybridized carbons (Fsp3) is 0.273. The van der Waals surface area contributed by atoms with Crippen LogP contribution in [0.25, 0.3) is 0 Å². The van der Waals surface area contributed by atoms with E-state index in [4.69, 9.17) is 0 Å². The first-order valence-electron chi connectivity index (χ1n) is 4.53. The molecule has 1 saturated heterocycles. The van der Waals surface area contributed by atoms with Gasteiger partial charge in [-0.3, -0.25) is 9.59 Å². The van der Waals surface area contributed by atoms with Crippen molar-refractivity contribution in [3.05, 3.63) is 35.6 Å². The van der Waals surface area contributed by atoms with Gasteiger partial charge in [0.05, 0.1) is 6.42 Å². The minimum absolute atomic E-state index is 0.0114. The summed E-state index contributed by atoms with van der Waals surface area (Å²) in [4.78, 5) is 22.4. The molecule has 0 bridgehead atoms. The summed E-state index contributed by atoms with van der Waals surface area (Å²) in [5, 5.41) is 0. The number of carbonyl (C=O) groups is 2. The zero-order valence-corrected chi connectivity index (χ0v) is 8.12. The summed E-state index contributed by atoms with van der Waals surface area (Å²) in [5.41, 5.74) is -0.370. The van der Waals surface area contributed by atoms with Crippen molar-refractivity contribution >= 4 is 11.9 Å². The van der Waals surface area contributed by atoms with E-state index >= 15 is 0 Å². The average molecular weight is 208 g/mol. The number of ether oxygens (including phenoxy) is 1. The fourth-order valence-electron chi connectivity index (χ4n) is 1.65. The van der Waals surface area contributed by atoms with Crippen LogP contribution >= 0.6 is 0 Å². The smallest absolute Gasteiger partial charge is 0.324 e. The van der Waals surface area contributed by atoms with E-state index in [0.29, 0.717) is 5.56 Å². The number of halogens is 1. The van der Waals surface area contributed by atoms with Crippen LogP contribution in [0.2, 0.25) is 0 Å². The summed E-state index contributed by atoms with van der Waals surface area (Å²) in [5.74, 6) is -1.48. The summed E-state index contributed by atoms with van der Waals surface area (Å²) < 4.78 is 17.2. The highest BCUT2D eigenvalue weighted by atomic mass is 19.1. The number of rotatable bonds is 1. The average Bonchev–Trinajstić information content (AvgIpc) is 2.42. The van der Waals surface area contributed by atoms with Crippen molar-refractivity contribution in [3.8, 4) is 0 Å². The largest absolute Gasteiger partial charge is 0.392 e. The first-order valence-corrected chi connectivity index (χ1v) is 4.53. The maximum atomic E-state index is 12.7. The van der Waals surface area contributed by atoms with E-state index in [-0.39, 0.29) is 12.2 Å². The van der Waals surface area contributed by atoms with Gasteiger partial charge in [-0.15, -0.1) is 0 Å². The van der Waals surface area contributed by atoms with Crippen LogP contribution in [0.3, 0.4) is 0 Å².